The number of nitrogens with zero attached hydrogens (tertiary/aromatic N) is 1. The molecule has 0 saturated carbocycles. The van der Waals surface area contributed by atoms with Gasteiger partial charge in [-0.05, 0) is 110 Å². The summed E-state index contributed by atoms with van der Waals surface area (Å²) < 4.78 is 11.4. The number of rotatable bonds is 11. The first-order valence-corrected chi connectivity index (χ1v) is 13.3. The zero-order valence-corrected chi connectivity index (χ0v) is 21.3. The van der Waals surface area contributed by atoms with Gasteiger partial charge in [-0.15, -0.1) is 0 Å². The molecule has 5 heteroatoms. The minimum atomic E-state index is 0.364. The number of ether oxygens (including phenoxy) is 2. The molecule has 5 rings (SSSR count). The summed E-state index contributed by atoms with van der Waals surface area (Å²) in [6, 6.07) is 20.8. The molecule has 1 aliphatic heterocycles. The van der Waals surface area contributed by atoms with Crippen LogP contribution in [-0.2, 0) is 19.3 Å². The average molecular weight is 487 g/mol. The first-order chi connectivity index (χ1) is 17.7. The van der Waals surface area contributed by atoms with E-state index in [0.29, 0.717) is 11.7 Å². The Morgan fingerprint density at radius 3 is 2.58 bits per heavy atom. The van der Waals surface area contributed by atoms with Gasteiger partial charge in [-0.25, -0.2) is 0 Å². The van der Waals surface area contributed by atoms with Crippen molar-refractivity contribution in [3.63, 3.8) is 0 Å². The van der Waals surface area contributed by atoms with Crippen LogP contribution in [0.4, 0.5) is 5.69 Å². The van der Waals surface area contributed by atoms with Crippen LogP contribution in [0.15, 0.2) is 60.7 Å². The molecule has 0 bridgehead atoms. The van der Waals surface area contributed by atoms with Gasteiger partial charge in [0.1, 0.15) is 23.9 Å². The van der Waals surface area contributed by atoms with E-state index in [0.717, 1.165) is 63.3 Å². The fraction of sp³-hybridized carbons (Fsp3) is 0.419. The van der Waals surface area contributed by atoms with Crippen LogP contribution in [-0.4, -0.2) is 49.9 Å². The number of methoxy groups -OCH3 is 1. The van der Waals surface area contributed by atoms with Crippen LogP contribution in [0.2, 0.25) is 0 Å². The van der Waals surface area contributed by atoms with Gasteiger partial charge in [-0.3, -0.25) is 4.90 Å². The standard InChI is InChI=1S/C31H38N2O3/c1-35-29-13-14-30(26-8-7-25-21-27(34)10-9-24(25)20-26)31(22-29)32-15-2-4-23-5-11-28(12-6-23)36-19-18-33-16-3-17-33/h5-6,9-14,21-22,26,32,34H,2-4,7-8,15-20H2,1H3/t26-/m0/s1. The van der Waals surface area contributed by atoms with E-state index in [4.69, 9.17) is 9.47 Å². The highest BCUT2D eigenvalue weighted by molar-refractivity contribution is 5.57. The first kappa shape index (κ1) is 24.5. The number of phenols is 1. The Kier molecular flexibility index (Phi) is 7.97. The number of aryl methyl sites for hydroxylation is 2. The number of likely N-dealkylation sites (tertiary alicyclic amines) is 1. The summed E-state index contributed by atoms with van der Waals surface area (Å²) >= 11 is 0. The largest absolute Gasteiger partial charge is 0.508 e. The molecule has 3 aromatic rings. The fourth-order valence-corrected chi connectivity index (χ4v) is 5.34. The molecule has 0 radical (unpaired) electrons. The minimum Gasteiger partial charge on any atom is -0.508 e. The topological polar surface area (TPSA) is 54.0 Å². The third kappa shape index (κ3) is 6.14. The lowest BCUT2D eigenvalue weighted by atomic mass is 9.79. The molecule has 190 valence electrons. The highest BCUT2D eigenvalue weighted by Crippen LogP contribution is 2.38. The Morgan fingerprint density at radius 2 is 1.81 bits per heavy atom. The van der Waals surface area contributed by atoms with Crippen molar-refractivity contribution in [1.29, 1.82) is 0 Å². The number of fused-ring (bicyclic) bond motifs is 1. The van der Waals surface area contributed by atoms with E-state index in [9.17, 15) is 5.11 Å². The maximum Gasteiger partial charge on any atom is 0.120 e. The second kappa shape index (κ2) is 11.7. The van der Waals surface area contributed by atoms with Crippen molar-refractivity contribution in [1.82, 2.24) is 4.90 Å². The Hall–Kier alpha value is -3.18. The Labute approximate surface area is 215 Å². The molecule has 1 atom stereocenters. The van der Waals surface area contributed by atoms with Crippen LogP contribution in [0.5, 0.6) is 17.2 Å². The summed E-state index contributed by atoms with van der Waals surface area (Å²) in [5.41, 5.74) is 6.49. The quantitative estimate of drug-likeness (QED) is 0.335. The minimum absolute atomic E-state index is 0.364. The number of nitrogens with one attached hydrogen (secondary N) is 1. The Balaban J connectivity index is 1.14. The summed E-state index contributed by atoms with van der Waals surface area (Å²) in [5, 5.41) is 13.5. The number of phenolic OH excluding ortho intramolecular Hbond substituents is 1. The molecule has 0 amide bonds. The second-order valence-corrected chi connectivity index (χ2v) is 10.1. The van der Waals surface area contributed by atoms with Crippen molar-refractivity contribution in [2.75, 3.05) is 45.2 Å². The Bertz CT molecular complexity index is 1140. The molecule has 0 aromatic heterocycles. The molecule has 1 saturated heterocycles. The van der Waals surface area contributed by atoms with Crippen molar-refractivity contribution in [3.05, 3.63) is 82.9 Å². The molecule has 0 unspecified atom stereocenters. The van der Waals surface area contributed by atoms with Crippen LogP contribution in [0.1, 0.15) is 47.4 Å². The third-order valence-corrected chi connectivity index (χ3v) is 7.62. The fourth-order valence-electron chi connectivity index (χ4n) is 5.34. The van der Waals surface area contributed by atoms with E-state index >= 15 is 0 Å². The second-order valence-electron chi connectivity index (χ2n) is 10.1. The average Bonchev–Trinajstić information content (AvgIpc) is 2.88. The molecule has 1 aliphatic carbocycles. The lowest BCUT2D eigenvalue weighted by Gasteiger charge is -2.30. The first-order valence-electron chi connectivity index (χ1n) is 13.3. The highest BCUT2D eigenvalue weighted by atomic mass is 16.5. The number of anilines is 1. The van der Waals surface area contributed by atoms with Crippen LogP contribution < -0.4 is 14.8 Å². The van der Waals surface area contributed by atoms with E-state index in [1.54, 1.807) is 13.2 Å². The van der Waals surface area contributed by atoms with Gasteiger partial charge in [0, 0.05) is 24.8 Å². The molecule has 36 heavy (non-hydrogen) atoms. The summed E-state index contributed by atoms with van der Waals surface area (Å²) in [6.45, 7) is 5.13. The summed E-state index contributed by atoms with van der Waals surface area (Å²) in [4.78, 5) is 2.42. The zero-order valence-electron chi connectivity index (χ0n) is 21.3. The van der Waals surface area contributed by atoms with E-state index in [1.807, 2.05) is 6.07 Å². The van der Waals surface area contributed by atoms with E-state index in [2.05, 4.69) is 58.7 Å². The number of benzene rings is 3. The molecule has 0 spiro atoms. The zero-order chi connectivity index (χ0) is 24.7. The number of aromatic hydroxyl groups is 1. The normalized spacial score (nSPS) is 17.2. The SMILES string of the molecule is COc1ccc([C@H]2CCc3cc(O)ccc3C2)c(NCCCc2ccc(OCCN3CCC3)cc2)c1. The molecule has 2 aliphatic rings. The number of hydrogen-bond acceptors (Lipinski definition) is 5. The lowest BCUT2D eigenvalue weighted by Crippen LogP contribution is -2.39. The summed E-state index contributed by atoms with van der Waals surface area (Å²) in [6.07, 6.45) is 6.49. The van der Waals surface area contributed by atoms with Gasteiger partial charge in [-0.2, -0.15) is 0 Å². The van der Waals surface area contributed by atoms with E-state index in [1.165, 1.54) is 47.5 Å². The monoisotopic (exact) mass is 486 g/mol. The van der Waals surface area contributed by atoms with Gasteiger partial charge >= 0.3 is 0 Å². The summed E-state index contributed by atoms with van der Waals surface area (Å²) in [5.74, 6) is 2.67. The van der Waals surface area contributed by atoms with Gasteiger partial charge in [-0.1, -0.05) is 24.3 Å². The predicted molar refractivity (Wildman–Crippen MR) is 146 cm³/mol. The van der Waals surface area contributed by atoms with Gasteiger partial charge < -0.3 is 19.9 Å². The van der Waals surface area contributed by atoms with Gasteiger partial charge in [0.05, 0.1) is 7.11 Å². The molecule has 1 heterocycles. The number of hydrogen-bond donors (Lipinski definition) is 2. The van der Waals surface area contributed by atoms with Crippen LogP contribution >= 0.6 is 0 Å². The van der Waals surface area contributed by atoms with Crippen LogP contribution in [0, 0.1) is 0 Å². The maximum atomic E-state index is 9.82. The van der Waals surface area contributed by atoms with Gasteiger partial charge in [0.25, 0.3) is 0 Å². The lowest BCUT2D eigenvalue weighted by molar-refractivity contribution is 0.147. The van der Waals surface area contributed by atoms with E-state index < -0.39 is 0 Å². The van der Waals surface area contributed by atoms with E-state index in [-0.39, 0.29) is 0 Å². The van der Waals surface area contributed by atoms with Crippen molar-refractivity contribution in [2.45, 2.75) is 44.4 Å². The summed E-state index contributed by atoms with van der Waals surface area (Å²) in [7, 11) is 1.72. The van der Waals surface area contributed by atoms with Crippen molar-refractivity contribution < 1.29 is 14.6 Å². The molecule has 2 N–H and O–H groups in total. The van der Waals surface area contributed by atoms with Gasteiger partial charge in [0.15, 0.2) is 0 Å². The molecular formula is C31H38N2O3. The van der Waals surface area contributed by atoms with Crippen LogP contribution in [0.25, 0.3) is 0 Å². The Morgan fingerprint density at radius 1 is 0.972 bits per heavy atom. The van der Waals surface area contributed by atoms with Crippen molar-refractivity contribution in [3.8, 4) is 17.2 Å². The highest BCUT2D eigenvalue weighted by Gasteiger charge is 2.23. The third-order valence-electron chi connectivity index (χ3n) is 7.62. The van der Waals surface area contributed by atoms with Crippen molar-refractivity contribution in [2.24, 2.45) is 0 Å². The smallest absolute Gasteiger partial charge is 0.120 e. The van der Waals surface area contributed by atoms with Crippen molar-refractivity contribution >= 4 is 5.69 Å². The van der Waals surface area contributed by atoms with Crippen LogP contribution in [0.3, 0.4) is 0 Å². The molecule has 5 nitrogen and oxygen atoms in total. The van der Waals surface area contributed by atoms with Gasteiger partial charge in [0.2, 0.25) is 0 Å². The molecule has 3 aromatic carbocycles. The maximum absolute atomic E-state index is 9.82. The molecule has 1 fully saturated rings. The molecular weight excluding hydrogens is 448 g/mol. The predicted octanol–water partition coefficient (Wildman–Crippen LogP) is 5.80.